The SMILES string of the molecule is COc1ccc2[nH]cc(NC(=O)c3ccc(C(F)(F)F)cc3)c2c1. The highest BCUT2D eigenvalue weighted by atomic mass is 19.4. The van der Waals surface area contributed by atoms with Crippen molar-refractivity contribution < 1.29 is 22.7 Å². The molecule has 0 unspecified atom stereocenters. The van der Waals surface area contributed by atoms with Gasteiger partial charge in [-0.1, -0.05) is 0 Å². The number of rotatable bonds is 3. The quantitative estimate of drug-likeness (QED) is 0.744. The van der Waals surface area contributed by atoms with E-state index in [1.165, 1.54) is 7.11 Å². The van der Waals surface area contributed by atoms with E-state index in [2.05, 4.69) is 10.3 Å². The normalized spacial score (nSPS) is 11.5. The fourth-order valence-corrected chi connectivity index (χ4v) is 2.34. The predicted octanol–water partition coefficient (Wildman–Crippen LogP) is 4.45. The molecule has 3 aromatic rings. The van der Waals surface area contributed by atoms with Gasteiger partial charge in [0.2, 0.25) is 0 Å². The number of H-pyrrole nitrogens is 1. The zero-order valence-electron chi connectivity index (χ0n) is 12.6. The van der Waals surface area contributed by atoms with Gasteiger partial charge in [0.1, 0.15) is 5.75 Å². The summed E-state index contributed by atoms with van der Waals surface area (Å²) in [6.07, 6.45) is -2.81. The fourth-order valence-electron chi connectivity index (χ4n) is 2.34. The predicted molar refractivity (Wildman–Crippen MR) is 84.2 cm³/mol. The Bertz CT molecular complexity index is 883. The number of aromatic amines is 1. The van der Waals surface area contributed by atoms with Crippen LogP contribution in [0.3, 0.4) is 0 Å². The molecule has 1 amide bonds. The van der Waals surface area contributed by atoms with Gasteiger partial charge in [0.05, 0.1) is 18.4 Å². The lowest BCUT2D eigenvalue weighted by molar-refractivity contribution is -0.137. The van der Waals surface area contributed by atoms with E-state index < -0.39 is 17.6 Å². The van der Waals surface area contributed by atoms with E-state index in [1.54, 1.807) is 18.3 Å². The Kier molecular flexibility index (Phi) is 3.92. The summed E-state index contributed by atoms with van der Waals surface area (Å²) in [5, 5.41) is 3.43. The first-order valence-corrected chi connectivity index (χ1v) is 7.02. The molecular formula is C17H13F3N2O2. The van der Waals surface area contributed by atoms with Crippen LogP contribution in [0.2, 0.25) is 0 Å². The number of ether oxygens (including phenoxy) is 1. The number of fused-ring (bicyclic) bond motifs is 1. The van der Waals surface area contributed by atoms with Crippen LogP contribution in [-0.2, 0) is 6.18 Å². The molecule has 0 fully saturated rings. The minimum atomic E-state index is -4.43. The minimum absolute atomic E-state index is 0.139. The number of aromatic nitrogens is 1. The molecule has 1 aromatic heterocycles. The molecule has 4 nitrogen and oxygen atoms in total. The van der Waals surface area contributed by atoms with Crippen LogP contribution in [0, 0.1) is 0 Å². The summed E-state index contributed by atoms with van der Waals surface area (Å²) in [6.45, 7) is 0. The third-order valence-electron chi connectivity index (χ3n) is 3.61. The van der Waals surface area contributed by atoms with Crippen molar-refractivity contribution in [1.82, 2.24) is 4.98 Å². The topological polar surface area (TPSA) is 54.1 Å². The minimum Gasteiger partial charge on any atom is -0.497 e. The number of amides is 1. The van der Waals surface area contributed by atoms with E-state index >= 15 is 0 Å². The van der Waals surface area contributed by atoms with Gasteiger partial charge in [0.25, 0.3) is 5.91 Å². The summed E-state index contributed by atoms with van der Waals surface area (Å²) >= 11 is 0. The molecule has 2 aromatic carbocycles. The first-order valence-electron chi connectivity index (χ1n) is 7.02. The van der Waals surface area contributed by atoms with Crippen molar-refractivity contribution in [3.05, 3.63) is 59.8 Å². The second kappa shape index (κ2) is 5.92. The second-order valence-electron chi connectivity index (χ2n) is 5.14. The van der Waals surface area contributed by atoms with Crippen LogP contribution in [0.1, 0.15) is 15.9 Å². The van der Waals surface area contributed by atoms with Gasteiger partial charge in [-0.2, -0.15) is 13.2 Å². The molecule has 0 aliphatic rings. The van der Waals surface area contributed by atoms with Crippen molar-refractivity contribution >= 4 is 22.5 Å². The molecule has 124 valence electrons. The number of carbonyl (C=O) groups is 1. The summed E-state index contributed by atoms with van der Waals surface area (Å²) < 4.78 is 42.8. The lowest BCUT2D eigenvalue weighted by atomic mass is 10.1. The van der Waals surface area contributed by atoms with Crippen LogP contribution < -0.4 is 10.1 Å². The number of nitrogens with one attached hydrogen (secondary N) is 2. The zero-order chi connectivity index (χ0) is 17.3. The lowest BCUT2D eigenvalue weighted by Crippen LogP contribution is -2.12. The number of methoxy groups -OCH3 is 1. The Morgan fingerprint density at radius 3 is 2.46 bits per heavy atom. The van der Waals surface area contributed by atoms with Crippen LogP contribution in [-0.4, -0.2) is 18.0 Å². The van der Waals surface area contributed by atoms with Crippen molar-refractivity contribution in [3.8, 4) is 5.75 Å². The molecule has 24 heavy (non-hydrogen) atoms. The largest absolute Gasteiger partial charge is 0.497 e. The average Bonchev–Trinajstić information content (AvgIpc) is 2.96. The third-order valence-corrected chi connectivity index (χ3v) is 3.61. The van der Waals surface area contributed by atoms with Gasteiger partial charge >= 0.3 is 6.18 Å². The number of alkyl halides is 3. The summed E-state index contributed by atoms with van der Waals surface area (Å²) in [5.74, 6) is 0.138. The maximum Gasteiger partial charge on any atom is 0.416 e. The number of anilines is 1. The molecule has 0 aliphatic heterocycles. The monoisotopic (exact) mass is 334 g/mol. The molecule has 0 atom stereocenters. The fraction of sp³-hybridized carbons (Fsp3) is 0.118. The smallest absolute Gasteiger partial charge is 0.416 e. The molecule has 2 N–H and O–H groups in total. The Labute approximate surface area is 135 Å². The number of carbonyl (C=O) groups excluding carboxylic acids is 1. The highest BCUT2D eigenvalue weighted by molar-refractivity contribution is 6.09. The van der Waals surface area contributed by atoms with E-state index in [0.717, 1.165) is 35.2 Å². The molecule has 0 saturated carbocycles. The first kappa shape index (κ1) is 15.9. The lowest BCUT2D eigenvalue weighted by Gasteiger charge is -2.08. The number of halogens is 3. The molecule has 0 bridgehead atoms. The molecule has 0 aliphatic carbocycles. The van der Waals surface area contributed by atoms with Gasteiger partial charge in [-0.3, -0.25) is 4.79 Å². The van der Waals surface area contributed by atoms with Gasteiger partial charge in [0.15, 0.2) is 0 Å². The molecule has 3 rings (SSSR count). The molecule has 7 heteroatoms. The summed E-state index contributed by atoms with van der Waals surface area (Å²) in [5.41, 5.74) is 0.670. The van der Waals surface area contributed by atoms with Crippen molar-refractivity contribution in [2.75, 3.05) is 12.4 Å². The van der Waals surface area contributed by atoms with E-state index in [-0.39, 0.29) is 5.56 Å². The van der Waals surface area contributed by atoms with Crippen LogP contribution >= 0.6 is 0 Å². The van der Waals surface area contributed by atoms with Crippen LogP contribution in [0.25, 0.3) is 10.9 Å². The zero-order valence-corrected chi connectivity index (χ0v) is 12.6. The molecule has 1 heterocycles. The van der Waals surface area contributed by atoms with Crippen LogP contribution in [0.5, 0.6) is 5.75 Å². The Morgan fingerprint density at radius 1 is 1.12 bits per heavy atom. The summed E-state index contributed by atoms with van der Waals surface area (Å²) in [6, 6.07) is 9.40. The van der Waals surface area contributed by atoms with Crippen LogP contribution in [0.4, 0.5) is 18.9 Å². The van der Waals surface area contributed by atoms with E-state index in [4.69, 9.17) is 4.74 Å². The molecular weight excluding hydrogens is 321 g/mol. The number of hydrogen-bond donors (Lipinski definition) is 2. The second-order valence-corrected chi connectivity index (χ2v) is 5.14. The van der Waals surface area contributed by atoms with E-state index in [1.807, 2.05) is 6.07 Å². The van der Waals surface area contributed by atoms with Crippen molar-refractivity contribution in [1.29, 1.82) is 0 Å². The van der Waals surface area contributed by atoms with Crippen molar-refractivity contribution in [2.24, 2.45) is 0 Å². The van der Waals surface area contributed by atoms with Gasteiger partial charge in [-0.05, 0) is 42.5 Å². The number of hydrogen-bond acceptors (Lipinski definition) is 2. The number of benzene rings is 2. The van der Waals surface area contributed by atoms with Crippen molar-refractivity contribution in [3.63, 3.8) is 0 Å². The van der Waals surface area contributed by atoms with Crippen LogP contribution in [0.15, 0.2) is 48.7 Å². The van der Waals surface area contributed by atoms with E-state index in [0.29, 0.717) is 11.4 Å². The summed E-state index contributed by atoms with van der Waals surface area (Å²) in [4.78, 5) is 15.2. The van der Waals surface area contributed by atoms with Gasteiger partial charge in [0, 0.05) is 22.7 Å². The van der Waals surface area contributed by atoms with Crippen molar-refractivity contribution in [2.45, 2.75) is 6.18 Å². The highest BCUT2D eigenvalue weighted by Gasteiger charge is 2.30. The van der Waals surface area contributed by atoms with Gasteiger partial charge < -0.3 is 15.0 Å². The van der Waals surface area contributed by atoms with E-state index in [9.17, 15) is 18.0 Å². The van der Waals surface area contributed by atoms with Gasteiger partial charge in [-0.15, -0.1) is 0 Å². The molecule has 0 radical (unpaired) electrons. The maximum absolute atomic E-state index is 12.6. The summed E-state index contributed by atoms with van der Waals surface area (Å²) in [7, 11) is 1.54. The third kappa shape index (κ3) is 3.05. The Hall–Kier alpha value is -2.96. The first-order chi connectivity index (χ1) is 11.4. The maximum atomic E-state index is 12.6. The average molecular weight is 334 g/mol. The Morgan fingerprint density at radius 2 is 1.83 bits per heavy atom. The molecule has 0 spiro atoms. The highest BCUT2D eigenvalue weighted by Crippen LogP contribution is 2.30. The Balaban J connectivity index is 1.84. The molecule has 0 saturated heterocycles. The van der Waals surface area contributed by atoms with Gasteiger partial charge in [-0.25, -0.2) is 0 Å². The standard InChI is InChI=1S/C17H13F3N2O2/c1-24-12-6-7-14-13(8-12)15(9-21-14)22-16(23)10-2-4-11(5-3-10)17(18,19)20/h2-9,21H,1H3,(H,22,23).